The molecule has 33 heavy (non-hydrogen) atoms. The Hall–Kier alpha value is -1.82. The Labute approximate surface area is 211 Å². The van der Waals surface area contributed by atoms with Crippen LogP contribution >= 0.6 is 0 Å². The molecule has 0 saturated heterocycles. The third-order valence-electron chi connectivity index (χ3n) is 4.99. The van der Waals surface area contributed by atoms with Crippen molar-refractivity contribution in [2.24, 2.45) is 11.8 Å². The Morgan fingerprint density at radius 2 is 0.879 bits per heavy atom. The number of carbonyl (C=O) groups is 2. The molecule has 0 fully saturated rings. The maximum atomic E-state index is 10.8. The molecule has 2 radical (unpaired) electrons. The van der Waals surface area contributed by atoms with E-state index in [0.29, 0.717) is 11.8 Å². The van der Waals surface area contributed by atoms with Crippen molar-refractivity contribution in [1.29, 1.82) is 0 Å². The van der Waals surface area contributed by atoms with Gasteiger partial charge in [-0.25, -0.2) is 0 Å². The van der Waals surface area contributed by atoms with Gasteiger partial charge in [0.2, 0.25) is 0 Å². The number of benzene rings is 2. The van der Waals surface area contributed by atoms with E-state index in [0.717, 1.165) is 24.0 Å². The molecule has 2 unspecified atom stereocenters. The van der Waals surface area contributed by atoms with Gasteiger partial charge in [0.25, 0.3) is 0 Å². The maximum absolute atomic E-state index is 10.8. The summed E-state index contributed by atoms with van der Waals surface area (Å²) in [6.07, 6.45) is 2.09. The van der Waals surface area contributed by atoms with Crippen LogP contribution in [0.4, 0.5) is 0 Å². The normalized spacial score (nSPS) is 12.2. The molecule has 0 aliphatic carbocycles. The molecule has 0 aromatic heterocycles. The Bertz CT molecular complexity index is 741. The van der Waals surface area contributed by atoms with Gasteiger partial charge in [0, 0.05) is 0 Å². The fourth-order valence-electron chi connectivity index (χ4n) is 3.11. The van der Waals surface area contributed by atoms with Gasteiger partial charge < -0.3 is 10.2 Å². The van der Waals surface area contributed by atoms with Gasteiger partial charge in [0.1, 0.15) is 0 Å². The fourth-order valence-corrected chi connectivity index (χ4v) is 3.11. The first kappa shape index (κ1) is 31.2. The van der Waals surface area contributed by atoms with Gasteiger partial charge in [-0.3, -0.25) is 9.59 Å². The van der Waals surface area contributed by atoms with Crippen molar-refractivity contribution in [3.8, 4) is 0 Å². The summed E-state index contributed by atoms with van der Waals surface area (Å²) < 4.78 is 0. The van der Waals surface area contributed by atoms with E-state index in [9.17, 15) is 9.59 Å². The van der Waals surface area contributed by atoms with Crippen LogP contribution in [0.15, 0.2) is 48.5 Å². The molecule has 2 atom stereocenters. The quantitative estimate of drug-likeness (QED) is 0.343. The monoisotopic (exact) mass is 562 g/mol. The van der Waals surface area contributed by atoms with E-state index >= 15 is 0 Å². The third kappa shape index (κ3) is 13.5. The van der Waals surface area contributed by atoms with Crippen LogP contribution in [0.5, 0.6) is 0 Å². The zero-order valence-corrected chi connectivity index (χ0v) is 24.4. The minimum atomic E-state index is -0.772. The van der Waals surface area contributed by atoms with Crippen LogP contribution in [0.1, 0.15) is 75.6 Å². The number of hydrogen-bond donors (Lipinski definition) is 2. The van der Waals surface area contributed by atoms with E-state index in [-0.39, 0.29) is 21.1 Å². The summed E-state index contributed by atoms with van der Waals surface area (Å²) in [5, 5.41) is 17.7. The Morgan fingerprint density at radius 3 is 1.06 bits per heavy atom. The van der Waals surface area contributed by atoms with Crippen LogP contribution < -0.4 is 0 Å². The summed E-state index contributed by atoms with van der Waals surface area (Å²) in [5.74, 6) is -1.12. The Balaban J connectivity index is 0.000000555. The van der Waals surface area contributed by atoms with Gasteiger partial charge in [-0.05, 0) is 60.8 Å². The van der Waals surface area contributed by atoms with Crippen LogP contribution in [-0.2, 0) is 22.4 Å². The number of hydrogen-bond acceptors (Lipinski definition) is 2. The molecular formula is C28H42O4Sn. The van der Waals surface area contributed by atoms with Crippen molar-refractivity contribution >= 4 is 33.1 Å². The topological polar surface area (TPSA) is 74.6 Å². The Kier molecular flexibility index (Phi) is 15.8. The molecular weight excluding hydrogens is 519 g/mol. The molecule has 0 bridgehead atoms. The molecule has 182 valence electrons. The molecule has 0 heterocycles. The predicted octanol–water partition coefficient (Wildman–Crippen LogP) is 6.93. The summed E-state index contributed by atoms with van der Waals surface area (Å²) in [6.45, 7) is 12.1. The van der Waals surface area contributed by atoms with E-state index in [1.165, 1.54) is 11.1 Å². The van der Waals surface area contributed by atoms with Gasteiger partial charge in [-0.2, -0.15) is 0 Å². The number of aliphatic carboxylic acids is 2. The standard InChI is InChI=1S/2C13H18O2.2CH3.Sn/c2*1-9(2)8-11-4-6-12(7-5-11)10(3)13(14)15;;;/h2*4-7,9-10H,8H2,1-3H3,(H,14,15);2*1H3;. The summed E-state index contributed by atoms with van der Waals surface area (Å²) in [4.78, 5) is 26.1. The van der Waals surface area contributed by atoms with E-state index in [4.69, 9.17) is 10.2 Å². The van der Waals surface area contributed by atoms with Crippen LogP contribution in [0.25, 0.3) is 0 Å². The number of carboxylic acids is 2. The number of rotatable bonds is 8. The molecule has 0 amide bonds. The van der Waals surface area contributed by atoms with Gasteiger partial charge in [-0.15, -0.1) is 0 Å². The first-order chi connectivity index (χ1) is 15.4. The zero-order valence-electron chi connectivity index (χ0n) is 21.6. The van der Waals surface area contributed by atoms with E-state index in [1.54, 1.807) is 13.8 Å². The second kappa shape index (κ2) is 16.7. The van der Waals surface area contributed by atoms with Crippen molar-refractivity contribution < 1.29 is 19.8 Å². The summed E-state index contributed by atoms with van der Waals surface area (Å²) in [7, 11) is 0. The molecule has 0 aliphatic heterocycles. The van der Waals surface area contributed by atoms with Crippen molar-refractivity contribution in [2.45, 2.75) is 76.1 Å². The SMILES string of the molecule is CC(C)Cc1ccc(C(C)C(=O)O)cc1.CC(C)Cc1ccc(C(C)C(=O)O)cc1.[CH3][Sn][CH3]. The molecule has 4 nitrogen and oxygen atoms in total. The number of carboxylic acid groups (broad SMARTS) is 2. The minimum absolute atomic E-state index is 0.230. The average Bonchev–Trinajstić information content (AvgIpc) is 2.74. The van der Waals surface area contributed by atoms with Crippen molar-refractivity contribution in [2.75, 3.05) is 0 Å². The van der Waals surface area contributed by atoms with E-state index < -0.39 is 23.8 Å². The first-order valence-corrected chi connectivity index (χ1v) is 17.3. The molecule has 0 saturated carbocycles. The Morgan fingerprint density at radius 1 is 0.636 bits per heavy atom. The van der Waals surface area contributed by atoms with Crippen LogP contribution in [0.2, 0.25) is 9.88 Å². The van der Waals surface area contributed by atoms with E-state index in [2.05, 4.69) is 37.6 Å². The van der Waals surface area contributed by atoms with E-state index in [1.807, 2.05) is 48.5 Å². The van der Waals surface area contributed by atoms with Crippen LogP contribution in [0.3, 0.4) is 0 Å². The van der Waals surface area contributed by atoms with Crippen molar-refractivity contribution in [3.63, 3.8) is 0 Å². The summed E-state index contributed by atoms with van der Waals surface area (Å²) in [6, 6.07) is 15.7. The molecule has 2 aromatic carbocycles. The van der Waals surface area contributed by atoms with Gasteiger partial charge >= 0.3 is 43.0 Å². The van der Waals surface area contributed by atoms with Crippen molar-refractivity contribution in [3.05, 3.63) is 70.8 Å². The average molecular weight is 561 g/mol. The molecule has 2 aromatic rings. The predicted molar refractivity (Wildman–Crippen MR) is 140 cm³/mol. The van der Waals surface area contributed by atoms with Gasteiger partial charge in [0.05, 0.1) is 11.8 Å². The molecule has 2 rings (SSSR count). The summed E-state index contributed by atoms with van der Waals surface area (Å²) in [5.41, 5.74) is 4.28. The van der Waals surface area contributed by atoms with Crippen LogP contribution in [-0.4, -0.2) is 43.3 Å². The summed E-state index contributed by atoms with van der Waals surface area (Å²) >= 11 is 0.230. The van der Waals surface area contributed by atoms with Gasteiger partial charge in [-0.1, -0.05) is 76.2 Å². The van der Waals surface area contributed by atoms with Crippen molar-refractivity contribution in [1.82, 2.24) is 0 Å². The van der Waals surface area contributed by atoms with Gasteiger partial charge in [0.15, 0.2) is 0 Å². The van der Waals surface area contributed by atoms with Crippen LogP contribution in [0, 0.1) is 11.8 Å². The third-order valence-corrected chi connectivity index (χ3v) is 4.99. The second-order valence-corrected chi connectivity index (χ2v) is 12.2. The molecule has 0 aliphatic rings. The fraction of sp³-hybridized carbons (Fsp3) is 0.500. The molecule has 5 heteroatoms. The zero-order chi connectivity index (χ0) is 25.6. The molecule has 2 N–H and O–H groups in total. The molecule has 0 spiro atoms. The second-order valence-electron chi connectivity index (χ2n) is 9.30. The first-order valence-electron chi connectivity index (χ1n) is 11.6.